The first-order valence-electron chi connectivity index (χ1n) is 7.38. The quantitative estimate of drug-likeness (QED) is 0.800. The first kappa shape index (κ1) is 15.5. The van der Waals surface area contributed by atoms with E-state index in [0.29, 0.717) is 17.1 Å². The standard InChI is InChI=1S/C15H25ClN4/c1-6-7-13-17-14(16)11(3)15(18-13)20-8-10(2)12(9-20)19(4)5/h10,12H,6-9H2,1-5H3. The van der Waals surface area contributed by atoms with Crippen molar-refractivity contribution in [2.45, 2.75) is 39.7 Å². The second-order valence-corrected chi connectivity index (χ2v) is 6.40. The molecule has 20 heavy (non-hydrogen) atoms. The zero-order chi connectivity index (χ0) is 14.9. The van der Waals surface area contributed by atoms with Gasteiger partial charge in [0.2, 0.25) is 0 Å². The van der Waals surface area contributed by atoms with Crippen LogP contribution in [0.15, 0.2) is 0 Å². The van der Waals surface area contributed by atoms with Crippen LogP contribution in [0.25, 0.3) is 0 Å². The van der Waals surface area contributed by atoms with E-state index in [9.17, 15) is 0 Å². The number of rotatable bonds is 4. The molecule has 0 aliphatic carbocycles. The normalized spacial score (nSPS) is 22.9. The number of aromatic nitrogens is 2. The van der Waals surface area contributed by atoms with Crippen molar-refractivity contribution >= 4 is 17.4 Å². The Morgan fingerprint density at radius 3 is 2.55 bits per heavy atom. The molecule has 0 radical (unpaired) electrons. The molecule has 2 unspecified atom stereocenters. The van der Waals surface area contributed by atoms with Gasteiger partial charge in [-0.15, -0.1) is 0 Å². The smallest absolute Gasteiger partial charge is 0.137 e. The number of anilines is 1. The van der Waals surface area contributed by atoms with Gasteiger partial charge in [-0.05, 0) is 33.4 Å². The van der Waals surface area contributed by atoms with Crippen LogP contribution >= 0.6 is 11.6 Å². The first-order chi connectivity index (χ1) is 9.43. The molecule has 0 N–H and O–H groups in total. The van der Waals surface area contributed by atoms with Gasteiger partial charge in [-0.1, -0.05) is 25.4 Å². The maximum absolute atomic E-state index is 6.28. The van der Waals surface area contributed by atoms with Crippen molar-refractivity contribution in [3.8, 4) is 0 Å². The molecule has 1 aliphatic heterocycles. The molecule has 5 heteroatoms. The minimum absolute atomic E-state index is 0.567. The minimum Gasteiger partial charge on any atom is -0.354 e. The summed E-state index contributed by atoms with van der Waals surface area (Å²) in [6.07, 6.45) is 1.92. The molecule has 112 valence electrons. The largest absolute Gasteiger partial charge is 0.354 e. The minimum atomic E-state index is 0.567. The van der Waals surface area contributed by atoms with Crippen LogP contribution in [-0.2, 0) is 6.42 Å². The van der Waals surface area contributed by atoms with E-state index in [4.69, 9.17) is 16.6 Å². The molecule has 0 bridgehead atoms. The van der Waals surface area contributed by atoms with E-state index in [1.54, 1.807) is 0 Å². The summed E-state index contributed by atoms with van der Waals surface area (Å²) in [6.45, 7) is 8.49. The van der Waals surface area contributed by atoms with Crippen LogP contribution in [0.3, 0.4) is 0 Å². The van der Waals surface area contributed by atoms with E-state index in [2.05, 4.69) is 42.7 Å². The summed E-state index contributed by atoms with van der Waals surface area (Å²) in [5.41, 5.74) is 0.998. The molecule has 1 fully saturated rings. The highest BCUT2D eigenvalue weighted by molar-refractivity contribution is 6.30. The van der Waals surface area contributed by atoms with Crippen molar-refractivity contribution in [2.24, 2.45) is 5.92 Å². The summed E-state index contributed by atoms with van der Waals surface area (Å²) in [5.74, 6) is 2.51. The van der Waals surface area contributed by atoms with Gasteiger partial charge in [0.25, 0.3) is 0 Å². The third-order valence-electron chi connectivity index (χ3n) is 4.12. The molecule has 2 atom stereocenters. The van der Waals surface area contributed by atoms with Gasteiger partial charge in [0, 0.05) is 31.1 Å². The highest BCUT2D eigenvalue weighted by Crippen LogP contribution is 2.29. The molecule has 2 heterocycles. The van der Waals surface area contributed by atoms with E-state index >= 15 is 0 Å². The SMILES string of the molecule is CCCc1nc(Cl)c(C)c(N2CC(C)C(N(C)C)C2)n1. The summed E-state index contributed by atoms with van der Waals surface area (Å²) in [4.78, 5) is 13.8. The van der Waals surface area contributed by atoms with Gasteiger partial charge in [-0.2, -0.15) is 0 Å². The molecular weight excluding hydrogens is 272 g/mol. The van der Waals surface area contributed by atoms with Crippen LogP contribution in [0.1, 0.15) is 31.7 Å². The summed E-state index contributed by atoms with van der Waals surface area (Å²) >= 11 is 6.28. The third kappa shape index (κ3) is 3.07. The van der Waals surface area contributed by atoms with Gasteiger partial charge in [0.15, 0.2) is 0 Å². The maximum Gasteiger partial charge on any atom is 0.137 e. The van der Waals surface area contributed by atoms with Crippen LogP contribution < -0.4 is 4.90 Å². The van der Waals surface area contributed by atoms with E-state index in [0.717, 1.165) is 43.1 Å². The lowest BCUT2D eigenvalue weighted by Crippen LogP contribution is -2.34. The van der Waals surface area contributed by atoms with Gasteiger partial charge in [0.05, 0.1) is 0 Å². The summed E-state index contributed by atoms with van der Waals surface area (Å²) in [5, 5.41) is 0.597. The fourth-order valence-corrected chi connectivity index (χ4v) is 3.14. The average molecular weight is 297 g/mol. The average Bonchev–Trinajstić information content (AvgIpc) is 2.76. The molecule has 2 rings (SSSR count). The van der Waals surface area contributed by atoms with Crippen LogP contribution in [0.5, 0.6) is 0 Å². The molecule has 0 spiro atoms. The van der Waals surface area contributed by atoms with Gasteiger partial charge >= 0.3 is 0 Å². The lowest BCUT2D eigenvalue weighted by atomic mass is 10.1. The van der Waals surface area contributed by atoms with Crippen molar-refractivity contribution < 1.29 is 0 Å². The van der Waals surface area contributed by atoms with Crippen LogP contribution in [0.4, 0.5) is 5.82 Å². The Kier molecular flexibility index (Phi) is 4.86. The number of halogens is 1. The Hall–Kier alpha value is -0.870. The number of nitrogens with zero attached hydrogens (tertiary/aromatic N) is 4. The molecule has 1 aromatic rings. The first-order valence-corrected chi connectivity index (χ1v) is 7.76. The molecule has 1 aliphatic rings. The van der Waals surface area contributed by atoms with E-state index in [1.165, 1.54) is 0 Å². The second kappa shape index (κ2) is 6.27. The zero-order valence-electron chi connectivity index (χ0n) is 13.1. The predicted octanol–water partition coefficient (Wildman–Crippen LogP) is 2.78. The van der Waals surface area contributed by atoms with E-state index in [-0.39, 0.29) is 0 Å². The Balaban J connectivity index is 2.29. The fourth-order valence-electron chi connectivity index (χ4n) is 2.96. The van der Waals surface area contributed by atoms with Crippen molar-refractivity contribution in [3.63, 3.8) is 0 Å². The molecule has 0 amide bonds. The molecule has 1 saturated heterocycles. The molecule has 0 saturated carbocycles. The number of hydrogen-bond acceptors (Lipinski definition) is 4. The van der Waals surface area contributed by atoms with Crippen molar-refractivity contribution in [2.75, 3.05) is 32.1 Å². The Morgan fingerprint density at radius 1 is 1.30 bits per heavy atom. The second-order valence-electron chi connectivity index (χ2n) is 6.04. The highest BCUT2D eigenvalue weighted by atomic mass is 35.5. The molecule has 1 aromatic heterocycles. The Bertz CT molecular complexity index is 475. The summed E-state index contributed by atoms with van der Waals surface area (Å²) in [6, 6.07) is 0.567. The molecule has 0 aromatic carbocycles. The van der Waals surface area contributed by atoms with Gasteiger partial charge in [-0.3, -0.25) is 0 Å². The Labute approximate surface area is 127 Å². The molecule has 4 nitrogen and oxygen atoms in total. The summed E-state index contributed by atoms with van der Waals surface area (Å²) in [7, 11) is 4.29. The van der Waals surface area contributed by atoms with Gasteiger partial charge in [0.1, 0.15) is 16.8 Å². The number of hydrogen-bond donors (Lipinski definition) is 0. The third-order valence-corrected chi connectivity index (χ3v) is 4.48. The number of likely N-dealkylation sites (N-methyl/N-ethyl adjacent to an activating group) is 1. The van der Waals surface area contributed by atoms with Crippen molar-refractivity contribution in [3.05, 3.63) is 16.5 Å². The van der Waals surface area contributed by atoms with E-state index < -0.39 is 0 Å². The van der Waals surface area contributed by atoms with Crippen molar-refractivity contribution in [1.82, 2.24) is 14.9 Å². The highest BCUT2D eigenvalue weighted by Gasteiger charge is 2.32. The van der Waals surface area contributed by atoms with Crippen LogP contribution in [-0.4, -0.2) is 48.1 Å². The zero-order valence-corrected chi connectivity index (χ0v) is 13.9. The van der Waals surface area contributed by atoms with Crippen LogP contribution in [0, 0.1) is 12.8 Å². The monoisotopic (exact) mass is 296 g/mol. The van der Waals surface area contributed by atoms with Gasteiger partial charge < -0.3 is 9.80 Å². The van der Waals surface area contributed by atoms with E-state index in [1.807, 2.05) is 6.92 Å². The number of aryl methyl sites for hydroxylation is 1. The molecular formula is C15H25ClN4. The Morgan fingerprint density at radius 2 is 2.00 bits per heavy atom. The predicted molar refractivity (Wildman–Crippen MR) is 84.6 cm³/mol. The topological polar surface area (TPSA) is 32.3 Å². The maximum atomic E-state index is 6.28. The van der Waals surface area contributed by atoms with Gasteiger partial charge in [-0.25, -0.2) is 9.97 Å². The van der Waals surface area contributed by atoms with Crippen LogP contribution in [0.2, 0.25) is 5.15 Å². The lowest BCUT2D eigenvalue weighted by Gasteiger charge is -2.23. The van der Waals surface area contributed by atoms with Crippen molar-refractivity contribution in [1.29, 1.82) is 0 Å². The fraction of sp³-hybridized carbons (Fsp3) is 0.733. The lowest BCUT2D eigenvalue weighted by molar-refractivity contribution is 0.266. The summed E-state index contributed by atoms with van der Waals surface area (Å²) < 4.78 is 0.